The topological polar surface area (TPSA) is 153 Å². The summed E-state index contributed by atoms with van der Waals surface area (Å²) in [5.74, 6) is -0.312. The van der Waals surface area contributed by atoms with E-state index in [1.54, 1.807) is 0 Å². The second-order valence-electron chi connectivity index (χ2n) is 13.0. The lowest BCUT2D eigenvalue weighted by molar-refractivity contribution is -0.118. The number of anilines is 1. The first-order chi connectivity index (χ1) is 26.0. The molecule has 1 aliphatic rings. The Labute approximate surface area is 322 Å². The van der Waals surface area contributed by atoms with E-state index in [9.17, 15) is 21.6 Å². The van der Waals surface area contributed by atoms with Crippen molar-refractivity contribution < 1.29 is 21.6 Å². The number of benzene rings is 5. The number of para-hydroxylation sites is 3. The van der Waals surface area contributed by atoms with E-state index < -0.39 is 25.5 Å². The minimum atomic E-state index is -3.88. The summed E-state index contributed by atoms with van der Waals surface area (Å²) in [6.45, 7) is 0.0659. The summed E-state index contributed by atoms with van der Waals surface area (Å²) in [5.41, 5.74) is 4.05. The number of aromatic nitrogens is 2. The third-order valence-electron chi connectivity index (χ3n) is 9.88. The molecule has 0 fully saturated rings. The number of hydrogen-bond acceptors (Lipinski definition) is 5. The average Bonchev–Trinajstić information content (AvgIpc) is 3.81. The quantitative estimate of drug-likeness (QED) is 0.0880. The van der Waals surface area contributed by atoms with Crippen molar-refractivity contribution in [2.75, 3.05) is 18.4 Å². The number of hydrogen-bond donors (Lipinski definition) is 5. The second kappa shape index (κ2) is 14.0. The van der Waals surface area contributed by atoms with Gasteiger partial charge in [-0.15, -0.1) is 0 Å². The lowest BCUT2D eigenvalue weighted by atomic mass is 9.72. The van der Waals surface area contributed by atoms with Crippen molar-refractivity contribution in [1.29, 1.82) is 0 Å². The Morgan fingerprint density at radius 2 is 0.981 bits per heavy atom. The van der Waals surface area contributed by atoms with Crippen LogP contribution in [0, 0.1) is 0 Å². The van der Waals surface area contributed by atoms with Gasteiger partial charge in [-0.1, -0.05) is 77.8 Å². The fourth-order valence-corrected chi connectivity index (χ4v) is 9.77. The fraction of sp³-hybridized carbons (Fsp3) is 0.125. The Morgan fingerprint density at radius 3 is 1.46 bits per heavy atom. The summed E-state index contributed by atoms with van der Waals surface area (Å²) in [4.78, 5) is 22.2. The van der Waals surface area contributed by atoms with E-state index in [1.165, 1.54) is 48.5 Å². The molecule has 1 aliphatic heterocycles. The lowest BCUT2D eigenvalue weighted by Crippen LogP contribution is -2.40. The number of rotatable bonds is 12. The minimum absolute atomic E-state index is 0.0329. The molecule has 0 saturated carbocycles. The monoisotopic (exact) mass is 797 g/mol. The average molecular weight is 799 g/mol. The van der Waals surface area contributed by atoms with Gasteiger partial charge in [0.1, 0.15) is 0 Å². The smallest absolute Gasteiger partial charge is 0.247 e. The molecule has 274 valence electrons. The number of nitrogens with one attached hydrogen (secondary N) is 5. The third-order valence-corrected chi connectivity index (χ3v) is 13.3. The zero-order valence-corrected chi connectivity index (χ0v) is 31.6. The molecular weight excluding hydrogens is 766 g/mol. The molecule has 1 amide bonds. The van der Waals surface area contributed by atoms with Crippen molar-refractivity contribution in [3.8, 4) is 0 Å². The van der Waals surface area contributed by atoms with Gasteiger partial charge in [0.05, 0.1) is 9.79 Å². The van der Waals surface area contributed by atoms with E-state index in [0.717, 1.165) is 32.9 Å². The molecule has 5 aromatic carbocycles. The number of carbonyl (C=O) groups is 1. The molecule has 8 rings (SSSR count). The van der Waals surface area contributed by atoms with E-state index in [-0.39, 0.29) is 41.6 Å². The summed E-state index contributed by atoms with van der Waals surface area (Å²) >= 11 is 12.0. The highest BCUT2D eigenvalue weighted by Crippen LogP contribution is 2.51. The summed E-state index contributed by atoms with van der Waals surface area (Å²) < 4.78 is 58.7. The molecule has 5 N–H and O–H groups in total. The van der Waals surface area contributed by atoms with Gasteiger partial charge in [0.15, 0.2) is 5.41 Å². The van der Waals surface area contributed by atoms with Gasteiger partial charge in [0, 0.05) is 67.6 Å². The molecule has 3 heterocycles. The first-order valence-electron chi connectivity index (χ1n) is 17.1. The molecule has 10 nitrogen and oxygen atoms in total. The number of fused-ring (bicyclic) bond motifs is 3. The highest BCUT2D eigenvalue weighted by molar-refractivity contribution is 7.89. The second-order valence-corrected chi connectivity index (χ2v) is 17.4. The van der Waals surface area contributed by atoms with Crippen molar-refractivity contribution in [3.63, 3.8) is 0 Å². The van der Waals surface area contributed by atoms with E-state index in [2.05, 4.69) is 24.7 Å². The highest BCUT2D eigenvalue weighted by Gasteiger charge is 2.54. The number of aromatic amines is 2. The molecule has 0 bridgehead atoms. The number of carbonyl (C=O) groups excluding carboxylic acids is 1. The summed E-state index contributed by atoms with van der Waals surface area (Å²) in [7, 11) is -7.76. The lowest BCUT2D eigenvalue weighted by Gasteiger charge is -2.29. The van der Waals surface area contributed by atoms with Crippen molar-refractivity contribution in [1.82, 2.24) is 19.4 Å². The van der Waals surface area contributed by atoms with Crippen molar-refractivity contribution in [2.24, 2.45) is 0 Å². The molecule has 0 radical (unpaired) electrons. The molecule has 0 unspecified atom stereocenters. The molecule has 7 aromatic rings. The van der Waals surface area contributed by atoms with Gasteiger partial charge in [-0.05, 0) is 90.7 Å². The van der Waals surface area contributed by atoms with Crippen LogP contribution in [-0.4, -0.2) is 45.8 Å². The SMILES string of the molecule is O=C1Nc2ccccc2C1(c1[nH]c2ccccc2c1CCNS(=O)(=O)c1ccc(Cl)cc1)c1[nH]c2ccccc2c1CCNS(=O)(=O)c1ccc(Cl)cc1. The maximum absolute atomic E-state index is 14.9. The van der Waals surface area contributed by atoms with E-state index in [4.69, 9.17) is 23.2 Å². The van der Waals surface area contributed by atoms with Crippen LogP contribution in [0.5, 0.6) is 0 Å². The fourth-order valence-electron chi connectivity index (χ4n) is 7.45. The van der Waals surface area contributed by atoms with Crippen LogP contribution in [0.15, 0.2) is 131 Å². The van der Waals surface area contributed by atoms with Gasteiger partial charge in [-0.2, -0.15) is 0 Å². The molecule has 0 atom stereocenters. The van der Waals surface area contributed by atoms with Crippen LogP contribution >= 0.6 is 23.2 Å². The van der Waals surface area contributed by atoms with Crippen molar-refractivity contribution >= 4 is 76.6 Å². The first kappa shape index (κ1) is 36.0. The Hall–Kier alpha value is -4.95. The minimum Gasteiger partial charge on any atom is -0.357 e. The highest BCUT2D eigenvalue weighted by atomic mass is 35.5. The molecular formula is C40H33Cl2N5O5S2. The summed E-state index contributed by atoms with van der Waals surface area (Å²) in [5, 5.41) is 5.64. The van der Waals surface area contributed by atoms with Gasteiger partial charge < -0.3 is 15.3 Å². The normalized spacial score (nSPS) is 14.1. The van der Waals surface area contributed by atoms with Crippen LogP contribution in [0.25, 0.3) is 21.8 Å². The van der Waals surface area contributed by atoms with Crippen molar-refractivity contribution in [2.45, 2.75) is 28.0 Å². The first-order valence-corrected chi connectivity index (χ1v) is 20.8. The number of sulfonamides is 2. The zero-order chi connectivity index (χ0) is 37.7. The van der Waals surface area contributed by atoms with Crippen LogP contribution in [0.1, 0.15) is 28.1 Å². The van der Waals surface area contributed by atoms with E-state index in [0.29, 0.717) is 32.7 Å². The van der Waals surface area contributed by atoms with E-state index >= 15 is 0 Å². The zero-order valence-electron chi connectivity index (χ0n) is 28.5. The Balaban J connectivity index is 1.26. The largest absolute Gasteiger partial charge is 0.357 e. The summed E-state index contributed by atoms with van der Waals surface area (Å²) in [6.07, 6.45) is 0.472. The van der Waals surface area contributed by atoms with Gasteiger partial charge in [-0.3, -0.25) is 4.79 Å². The van der Waals surface area contributed by atoms with E-state index in [1.807, 2.05) is 72.8 Å². The van der Waals surface area contributed by atoms with Gasteiger partial charge >= 0.3 is 0 Å². The molecule has 0 saturated heterocycles. The van der Waals surface area contributed by atoms with Gasteiger partial charge in [-0.25, -0.2) is 26.3 Å². The maximum Gasteiger partial charge on any atom is 0.247 e. The molecule has 0 aliphatic carbocycles. The Kier molecular flexibility index (Phi) is 9.37. The standard InChI is InChI=1S/C40H33Cl2N5O5S2/c41-25-13-17-27(18-14-25)53(49,50)43-23-21-31-29-7-1-4-10-34(29)45-37(31)40(33-9-3-6-12-36(33)47-39(40)48)38-32(30-8-2-5-11-35(30)46-38)22-24-44-54(51,52)28-19-15-26(42)16-20-28/h1-20,43-46H,21-24H2,(H,47,48). The molecule has 54 heavy (non-hydrogen) atoms. The Bertz CT molecular complexity index is 2620. The van der Waals surface area contributed by atoms with Gasteiger partial charge in [0.25, 0.3) is 0 Å². The van der Waals surface area contributed by atoms with Crippen LogP contribution in [0.2, 0.25) is 10.0 Å². The Morgan fingerprint density at radius 1 is 0.556 bits per heavy atom. The van der Waals surface area contributed by atoms with Gasteiger partial charge in [0.2, 0.25) is 26.0 Å². The molecule has 14 heteroatoms. The summed E-state index contributed by atoms with van der Waals surface area (Å²) in [6, 6.07) is 34.7. The van der Waals surface area contributed by atoms with Crippen LogP contribution in [-0.2, 0) is 43.1 Å². The van der Waals surface area contributed by atoms with Crippen molar-refractivity contribution in [3.05, 3.63) is 159 Å². The molecule has 0 spiro atoms. The van der Waals surface area contributed by atoms with Crippen LogP contribution in [0.4, 0.5) is 5.69 Å². The predicted octanol–water partition coefficient (Wildman–Crippen LogP) is 7.28. The maximum atomic E-state index is 14.9. The number of H-pyrrole nitrogens is 2. The third kappa shape index (κ3) is 6.28. The van der Waals surface area contributed by atoms with Crippen LogP contribution in [0.3, 0.4) is 0 Å². The predicted molar refractivity (Wildman–Crippen MR) is 212 cm³/mol. The molecule has 2 aromatic heterocycles. The van der Waals surface area contributed by atoms with Crippen LogP contribution < -0.4 is 14.8 Å². The number of halogens is 2. The number of amides is 1.